The zero-order valence-electron chi connectivity index (χ0n) is 31.9. The van der Waals surface area contributed by atoms with Crippen LogP contribution in [0, 0.1) is 27.0 Å². The molecule has 0 heterocycles. The molecule has 0 saturated carbocycles. The molecule has 276 valence electrons. The first kappa shape index (κ1) is 46.7. The van der Waals surface area contributed by atoms with Crippen molar-refractivity contribution >= 4 is 18.6 Å². The summed E-state index contributed by atoms with van der Waals surface area (Å²) >= 11 is 2.93. The van der Waals surface area contributed by atoms with Crippen molar-refractivity contribution in [3.8, 4) is 22.3 Å². The Labute approximate surface area is 377 Å². The molecule has 0 N–H and O–H groups in total. The second kappa shape index (κ2) is 23.6. The van der Waals surface area contributed by atoms with Crippen LogP contribution in [0.15, 0.2) is 170 Å². The van der Waals surface area contributed by atoms with E-state index in [0.717, 1.165) is 25.7 Å². The van der Waals surface area contributed by atoms with Gasteiger partial charge in [0.25, 0.3) is 0 Å². The molecule has 0 bridgehead atoms. The minimum atomic E-state index is 0. The van der Waals surface area contributed by atoms with Gasteiger partial charge in [0.1, 0.15) is 0 Å². The van der Waals surface area contributed by atoms with Crippen LogP contribution in [0.2, 0.25) is 0 Å². The molecular formula is C52H44Cl2Zr2-2. The van der Waals surface area contributed by atoms with E-state index in [1.54, 1.807) is 0 Å². The fraction of sp³-hybridized carbons (Fsp3) is 0.0769. The van der Waals surface area contributed by atoms with Crippen molar-refractivity contribution in [2.24, 2.45) is 0 Å². The summed E-state index contributed by atoms with van der Waals surface area (Å²) in [6.45, 7) is 0. The van der Waals surface area contributed by atoms with Gasteiger partial charge in [0.15, 0.2) is 0 Å². The Morgan fingerprint density at radius 1 is 0.429 bits per heavy atom. The molecule has 6 aromatic carbocycles. The van der Waals surface area contributed by atoms with Gasteiger partial charge in [0.05, 0.1) is 0 Å². The van der Waals surface area contributed by atoms with Gasteiger partial charge in [-0.3, -0.25) is 0 Å². The molecule has 56 heavy (non-hydrogen) atoms. The van der Waals surface area contributed by atoms with E-state index < -0.39 is 0 Å². The van der Waals surface area contributed by atoms with Gasteiger partial charge in [0.2, 0.25) is 0 Å². The molecule has 0 fully saturated rings. The molecule has 0 amide bonds. The van der Waals surface area contributed by atoms with Crippen molar-refractivity contribution in [2.45, 2.75) is 25.7 Å². The van der Waals surface area contributed by atoms with E-state index in [4.69, 9.17) is 0 Å². The van der Waals surface area contributed by atoms with Crippen molar-refractivity contribution in [3.63, 3.8) is 0 Å². The van der Waals surface area contributed by atoms with Gasteiger partial charge in [-0.25, -0.2) is 0 Å². The van der Waals surface area contributed by atoms with E-state index in [1.807, 2.05) is 12.1 Å². The van der Waals surface area contributed by atoms with E-state index >= 15 is 0 Å². The van der Waals surface area contributed by atoms with Crippen molar-refractivity contribution in [1.82, 2.24) is 0 Å². The summed E-state index contributed by atoms with van der Waals surface area (Å²) in [6.07, 6.45) is 17.2. The normalized spacial score (nSPS) is 12.4. The molecule has 4 heteroatoms. The predicted octanol–water partition coefficient (Wildman–Crippen LogP) is 6.48. The van der Waals surface area contributed by atoms with E-state index in [0.29, 0.717) is 0 Å². The summed E-state index contributed by atoms with van der Waals surface area (Å²) in [5.74, 6) is 0. The molecule has 0 spiro atoms. The monoisotopic (exact) mass is 918 g/mol. The van der Waals surface area contributed by atoms with Crippen LogP contribution < -0.4 is 24.8 Å². The second-order valence-corrected chi connectivity index (χ2v) is 14.4. The maximum atomic E-state index is 3.61. The van der Waals surface area contributed by atoms with Gasteiger partial charge in [-0.05, 0) is 36.8 Å². The zero-order chi connectivity index (χ0) is 35.5. The smallest absolute Gasteiger partial charge is 0.0195 e. The minimum absolute atomic E-state index is 0. The number of benzene rings is 6. The number of halogens is 2. The molecular weight excluding hydrogens is 878 g/mol. The van der Waals surface area contributed by atoms with Crippen LogP contribution in [0.5, 0.6) is 0 Å². The van der Waals surface area contributed by atoms with Crippen LogP contribution in [0.1, 0.15) is 57.3 Å². The summed E-state index contributed by atoms with van der Waals surface area (Å²) < 4.78 is 4.35. The predicted molar refractivity (Wildman–Crippen MR) is 227 cm³/mol. The summed E-state index contributed by atoms with van der Waals surface area (Å²) in [6, 6.07) is 54.2. The third-order valence-electron chi connectivity index (χ3n) is 9.57. The number of allylic oxidation sites excluding steroid dienone is 8. The van der Waals surface area contributed by atoms with Gasteiger partial charge in [-0.1, -0.05) is 95.1 Å². The molecule has 10 rings (SSSR count). The SMILES string of the molecule is [CH3-].[CH3-].[Cl-].[Cl-].[Zr+2]=[CH]c1ccccc1.[Zr+2]=[CH]c1ccccc1.[c-]1c(C2=CC=CC2)ccc2c1Cc1ccccc1-2.[c-]1c(C2=CC=CC2)ccc2c1Cc1ccccc1-2. The van der Waals surface area contributed by atoms with E-state index in [-0.39, 0.29) is 39.7 Å². The Hall–Kier alpha value is -3.63. The van der Waals surface area contributed by atoms with Gasteiger partial charge >= 0.3 is 128 Å². The summed E-state index contributed by atoms with van der Waals surface area (Å²) in [5.41, 5.74) is 19.0. The minimum Gasteiger partial charge on any atom is -0.147 e. The number of hydrogen-bond donors (Lipinski definition) is 0. The summed E-state index contributed by atoms with van der Waals surface area (Å²) in [7, 11) is 0. The van der Waals surface area contributed by atoms with Crippen LogP contribution >= 0.6 is 0 Å². The van der Waals surface area contributed by atoms with Gasteiger partial charge in [0, 0.05) is 0 Å². The van der Waals surface area contributed by atoms with E-state index in [2.05, 4.69) is 177 Å². The fourth-order valence-corrected chi connectivity index (χ4v) is 7.83. The first-order valence-corrected chi connectivity index (χ1v) is 20.6. The average molecular weight is 922 g/mol. The largest absolute Gasteiger partial charge is 0.147 e. The van der Waals surface area contributed by atoms with Crippen LogP contribution in [0.25, 0.3) is 33.4 Å². The Bertz CT molecular complexity index is 2170. The second-order valence-electron chi connectivity index (χ2n) is 13.0. The maximum Gasteiger partial charge on any atom is -0.0195 e. The van der Waals surface area contributed by atoms with E-state index in [1.165, 1.54) is 126 Å². The van der Waals surface area contributed by atoms with Crippen LogP contribution in [0.3, 0.4) is 0 Å². The van der Waals surface area contributed by atoms with Crippen LogP contribution in [0.4, 0.5) is 0 Å². The third-order valence-corrected chi connectivity index (χ3v) is 11.2. The number of hydrogen-bond acceptors (Lipinski definition) is 0. The number of rotatable bonds is 4. The molecule has 0 aliphatic heterocycles. The van der Waals surface area contributed by atoms with Gasteiger partial charge < -0.3 is 39.7 Å². The van der Waals surface area contributed by atoms with Crippen LogP contribution in [-0.2, 0) is 61.3 Å². The summed E-state index contributed by atoms with van der Waals surface area (Å²) in [5, 5.41) is 0. The molecule has 0 aromatic heterocycles. The third kappa shape index (κ3) is 11.7. The van der Waals surface area contributed by atoms with Crippen molar-refractivity contribution in [2.75, 3.05) is 0 Å². The van der Waals surface area contributed by atoms with Crippen LogP contribution in [-0.4, -0.2) is 7.42 Å². The molecule has 0 atom stereocenters. The van der Waals surface area contributed by atoms with E-state index in [9.17, 15) is 0 Å². The van der Waals surface area contributed by atoms with Gasteiger partial charge in [-0.2, -0.15) is 0 Å². The fourth-order valence-electron chi connectivity index (χ4n) is 6.88. The Morgan fingerprint density at radius 2 is 0.804 bits per heavy atom. The topological polar surface area (TPSA) is 0 Å². The quantitative estimate of drug-likeness (QED) is 0.178. The molecule has 0 radical (unpaired) electrons. The first-order valence-electron chi connectivity index (χ1n) is 17.8. The molecule has 0 unspecified atom stereocenters. The molecule has 6 aromatic rings. The molecule has 0 saturated heterocycles. The zero-order valence-corrected chi connectivity index (χ0v) is 38.3. The first-order chi connectivity index (χ1) is 25.7. The van der Waals surface area contributed by atoms with Crippen molar-refractivity contribution < 1.29 is 73.3 Å². The standard InChI is InChI=1S/2C18H13.2C7H6.2CH3.2ClH.2Zr/c2*1-2-6-13(5-1)14-9-10-18-16(11-14)12-15-7-3-4-8-17(15)18;2*1-7-5-3-2-4-6-7;;;;;;/h2*1-5,7-10H,6,12H2;2*1-6H;2*1H3;2*1H;;/q2*-1;;;2*-1;;;2*+2/p-2. The molecule has 4 aliphatic carbocycles. The summed E-state index contributed by atoms with van der Waals surface area (Å²) in [4.78, 5) is 0. The van der Waals surface area contributed by atoms with Gasteiger partial charge in [-0.15, -0.1) is 82.0 Å². The average Bonchev–Trinajstić information content (AvgIpc) is 4.05. The maximum absolute atomic E-state index is 3.61. The van der Waals surface area contributed by atoms with Crippen molar-refractivity contribution in [3.05, 3.63) is 241 Å². The Morgan fingerprint density at radius 3 is 1.14 bits per heavy atom. The molecule has 0 nitrogen and oxygen atoms in total. The number of fused-ring (bicyclic) bond motifs is 6. The Balaban J connectivity index is 0.000000209. The van der Waals surface area contributed by atoms with Crippen molar-refractivity contribution in [1.29, 1.82) is 0 Å². The Kier molecular flexibility index (Phi) is 19.7. The molecule has 4 aliphatic rings.